The number of benzene rings is 2. The van der Waals surface area contributed by atoms with Gasteiger partial charge in [-0.05, 0) is 42.3 Å². The lowest BCUT2D eigenvalue weighted by Gasteiger charge is -2.09. The van der Waals surface area contributed by atoms with E-state index < -0.39 is 5.97 Å². The summed E-state index contributed by atoms with van der Waals surface area (Å²) >= 11 is 6.02. The molecule has 0 aromatic heterocycles. The first-order valence-electron chi connectivity index (χ1n) is 6.38. The van der Waals surface area contributed by atoms with Gasteiger partial charge in [-0.1, -0.05) is 23.7 Å². The van der Waals surface area contributed by atoms with Crippen molar-refractivity contribution in [1.82, 2.24) is 0 Å². The number of halogens is 1. The molecule has 2 aromatic rings. The summed E-state index contributed by atoms with van der Waals surface area (Å²) in [5, 5.41) is 9.14. The van der Waals surface area contributed by atoms with Gasteiger partial charge in [-0.2, -0.15) is 0 Å². The van der Waals surface area contributed by atoms with Crippen LogP contribution in [0.15, 0.2) is 42.5 Å². The van der Waals surface area contributed by atoms with Gasteiger partial charge in [0, 0.05) is 7.11 Å². The number of rotatable bonds is 6. The number of carboxylic acids is 1. The molecule has 110 valence electrons. The summed E-state index contributed by atoms with van der Waals surface area (Å²) in [7, 11) is 1.67. The second-order valence-corrected chi connectivity index (χ2v) is 4.85. The van der Waals surface area contributed by atoms with E-state index in [2.05, 4.69) is 0 Å². The van der Waals surface area contributed by atoms with Gasteiger partial charge < -0.3 is 14.6 Å². The molecule has 0 heterocycles. The Labute approximate surface area is 127 Å². The summed E-state index contributed by atoms with van der Waals surface area (Å²) in [4.78, 5) is 10.8. The third-order valence-corrected chi connectivity index (χ3v) is 3.22. The molecule has 0 atom stereocenters. The molecule has 1 N–H and O–H groups in total. The van der Waals surface area contributed by atoms with Gasteiger partial charge in [0.15, 0.2) is 0 Å². The second kappa shape index (κ2) is 7.11. The van der Waals surface area contributed by atoms with Crippen LogP contribution in [0.5, 0.6) is 11.5 Å². The Balaban J connectivity index is 2.09. The largest absolute Gasteiger partial charge is 0.478 e. The fourth-order valence-corrected chi connectivity index (χ4v) is 2.01. The number of ether oxygens (including phenoxy) is 2. The minimum absolute atomic E-state index is 0.127. The average molecular weight is 307 g/mol. The fraction of sp³-hybridized carbons (Fsp3) is 0.188. The van der Waals surface area contributed by atoms with Gasteiger partial charge in [-0.15, -0.1) is 0 Å². The zero-order chi connectivity index (χ0) is 15.2. The number of carboxylic acid groups (broad SMARTS) is 1. The minimum Gasteiger partial charge on any atom is -0.478 e. The smallest absolute Gasteiger partial charge is 0.335 e. The SMILES string of the molecule is COCCc1ccc(Oc2ccc(C(=O)O)cc2Cl)cc1. The van der Waals surface area contributed by atoms with Crippen molar-refractivity contribution in [2.45, 2.75) is 6.42 Å². The maximum absolute atomic E-state index is 10.8. The molecule has 5 heteroatoms. The van der Waals surface area contributed by atoms with E-state index in [-0.39, 0.29) is 10.6 Å². The molecule has 2 rings (SSSR count). The van der Waals surface area contributed by atoms with E-state index >= 15 is 0 Å². The third kappa shape index (κ3) is 4.21. The zero-order valence-electron chi connectivity index (χ0n) is 11.5. The highest BCUT2D eigenvalue weighted by Gasteiger charge is 2.08. The number of hydrogen-bond acceptors (Lipinski definition) is 3. The van der Waals surface area contributed by atoms with Gasteiger partial charge in [-0.3, -0.25) is 0 Å². The van der Waals surface area contributed by atoms with Crippen LogP contribution in [0.3, 0.4) is 0 Å². The Hall–Kier alpha value is -2.04. The van der Waals surface area contributed by atoms with Crippen molar-refractivity contribution in [3.63, 3.8) is 0 Å². The average Bonchev–Trinajstić information content (AvgIpc) is 2.48. The van der Waals surface area contributed by atoms with Crippen LogP contribution in [-0.2, 0) is 11.2 Å². The molecule has 0 fully saturated rings. The predicted octanol–water partition coefficient (Wildman–Crippen LogP) is 4.02. The number of methoxy groups -OCH3 is 1. The Morgan fingerprint density at radius 3 is 2.48 bits per heavy atom. The topological polar surface area (TPSA) is 55.8 Å². The first-order chi connectivity index (χ1) is 10.1. The van der Waals surface area contributed by atoms with Crippen molar-refractivity contribution < 1.29 is 19.4 Å². The molecule has 0 aliphatic carbocycles. The van der Waals surface area contributed by atoms with Crippen molar-refractivity contribution in [3.8, 4) is 11.5 Å². The van der Waals surface area contributed by atoms with Gasteiger partial charge in [0.05, 0.1) is 17.2 Å². The minimum atomic E-state index is -1.02. The van der Waals surface area contributed by atoms with Crippen molar-refractivity contribution in [1.29, 1.82) is 0 Å². The molecule has 2 aromatic carbocycles. The van der Waals surface area contributed by atoms with E-state index in [1.165, 1.54) is 12.1 Å². The lowest BCUT2D eigenvalue weighted by molar-refractivity contribution is 0.0697. The highest BCUT2D eigenvalue weighted by Crippen LogP contribution is 2.30. The van der Waals surface area contributed by atoms with Gasteiger partial charge >= 0.3 is 5.97 Å². The van der Waals surface area contributed by atoms with Gasteiger partial charge in [0.25, 0.3) is 0 Å². The Morgan fingerprint density at radius 2 is 1.90 bits per heavy atom. The number of aromatic carboxylic acids is 1. The summed E-state index contributed by atoms with van der Waals surface area (Å²) in [6.07, 6.45) is 0.838. The maximum Gasteiger partial charge on any atom is 0.335 e. The number of carbonyl (C=O) groups is 1. The van der Waals surface area contributed by atoms with E-state index in [0.717, 1.165) is 12.0 Å². The van der Waals surface area contributed by atoms with Gasteiger partial charge in [-0.25, -0.2) is 4.79 Å². The monoisotopic (exact) mass is 306 g/mol. The first-order valence-corrected chi connectivity index (χ1v) is 6.76. The number of hydrogen-bond donors (Lipinski definition) is 1. The van der Waals surface area contributed by atoms with Crippen LogP contribution < -0.4 is 4.74 Å². The molecule has 0 aliphatic rings. The normalized spacial score (nSPS) is 10.4. The molecule has 0 saturated carbocycles. The second-order valence-electron chi connectivity index (χ2n) is 4.44. The molecule has 0 spiro atoms. The summed E-state index contributed by atoms with van der Waals surface area (Å²) in [6.45, 7) is 0.669. The molecule has 0 aliphatic heterocycles. The molecule has 4 nitrogen and oxygen atoms in total. The fourth-order valence-electron chi connectivity index (χ4n) is 1.79. The quantitative estimate of drug-likeness (QED) is 0.875. The molecule has 0 saturated heterocycles. The molecular weight excluding hydrogens is 292 g/mol. The highest BCUT2D eigenvalue weighted by molar-refractivity contribution is 6.32. The van der Waals surface area contributed by atoms with E-state index in [0.29, 0.717) is 18.1 Å². The summed E-state index contributed by atoms with van der Waals surface area (Å²) < 4.78 is 10.7. The third-order valence-electron chi connectivity index (χ3n) is 2.92. The Bertz CT molecular complexity index is 623. The summed E-state index contributed by atoms with van der Waals surface area (Å²) in [6, 6.07) is 12.0. The Kier molecular flexibility index (Phi) is 5.20. The van der Waals surface area contributed by atoms with E-state index in [1.807, 2.05) is 24.3 Å². The summed E-state index contributed by atoms with van der Waals surface area (Å²) in [5.74, 6) is 0.0402. The van der Waals surface area contributed by atoms with Crippen LogP contribution >= 0.6 is 11.6 Å². The van der Waals surface area contributed by atoms with E-state index in [1.54, 1.807) is 13.2 Å². The molecule has 0 bridgehead atoms. The standard InChI is InChI=1S/C16H15ClO4/c1-20-9-8-11-2-5-13(6-3-11)21-15-7-4-12(16(18)19)10-14(15)17/h2-7,10H,8-9H2,1H3,(H,18,19). The van der Waals surface area contributed by atoms with E-state index in [9.17, 15) is 4.79 Å². The van der Waals surface area contributed by atoms with E-state index in [4.69, 9.17) is 26.2 Å². The molecular formula is C16H15ClO4. The van der Waals surface area contributed by atoms with Crippen LogP contribution in [0.2, 0.25) is 5.02 Å². The van der Waals surface area contributed by atoms with Crippen molar-refractivity contribution >= 4 is 17.6 Å². The maximum atomic E-state index is 10.8. The molecule has 0 unspecified atom stereocenters. The first kappa shape index (κ1) is 15.4. The van der Waals surface area contributed by atoms with Crippen molar-refractivity contribution in [2.24, 2.45) is 0 Å². The molecule has 0 radical (unpaired) electrons. The van der Waals surface area contributed by atoms with Gasteiger partial charge in [0.2, 0.25) is 0 Å². The van der Waals surface area contributed by atoms with Crippen molar-refractivity contribution in [3.05, 3.63) is 58.6 Å². The van der Waals surface area contributed by atoms with Crippen LogP contribution in [0.1, 0.15) is 15.9 Å². The van der Waals surface area contributed by atoms with Crippen LogP contribution in [0, 0.1) is 0 Å². The molecule has 0 amide bonds. The lowest BCUT2D eigenvalue weighted by atomic mass is 10.1. The van der Waals surface area contributed by atoms with Gasteiger partial charge in [0.1, 0.15) is 11.5 Å². The van der Waals surface area contributed by atoms with Crippen LogP contribution in [0.4, 0.5) is 0 Å². The lowest BCUT2D eigenvalue weighted by Crippen LogP contribution is -1.96. The summed E-state index contributed by atoms with van der Waals surface area (Å²) in [5.41, 5.74) is 1.28. The predicted molar refractivity (Wildman–Crippen MR) is 80.5 cm³/mol. The molecule has 21 heavy (non-hydrogen) atoms. The van der Waals surface area contributed by atoms with Crippen LogP contribution in [0.25, 0.3) is 0 Å². The van der Waals surface area contributed by atoms with Crippen molar-refractivity contribution in [2.75, 3.05) is 13.7 Å². The zero-order valence-corrected chi connectivity index (χ0v) is 12.3. The highest BCUT2D eigenvalue weighted by atomic mass is 35.5. The van der Waals surface area contributed by atoms with Crippen LogP contribution in [-0.4, -0.2) is 24.8 Å². The Morgan fingerprint density at radius 1 is 1.19 bits per heavy atom.